The fourth-order valence-corrected chi connectivity index (χ4v) is 4.67. The van der Waals surface area contributed by atoms with Gasteiger partial charge in [0, 0.05) is 0 Å². The quantitative estimate of drug-likeness (QED) is 0.260. The number of aliphatic hydroxyl groups excluding tert-OH is 2. The lowest BCUT2D eigenvalue weighted by atomic mass is 9.93. The number of anilines is 1. The van der Waals surface area contributed by atoms with Gasteiger partial charge in [0.2, 0.25) is 0 Å². The number of nitrogens with one attached hydrogen (secondary N) is 1. The largest absolute Gasteiger partial charge is 0.613 e. The van der Waals surface area contributed by atoms with Gasteiger partial charge in [-0.1, -0.05) is 31.8 Å². The molecule has 0 aliphatic carbocycles. The van der Waals surface area contributed by atoms with E-state index >= 15 is 0 Å². The summed E-state index contributed by atoms with van der Waals surface area (Å²) in [5.41, 5.74) is 5.52. The molecule has 0 saturated carbocycles. The summed E-state index contributed by atoms with van der Waals surface area (Å²) in [6.07, 6.45) is -0.544. The highest BCUT2D eigenvalue weighted by Crippen LogP contribution is 2.41. The van der Waals surface area contributed by atoms with Crippen molar-refractivity contribution >= 4 is 25.5 Å². The lowest BCUT2D eigenvalue weighted by Gasteiger charge is -2.27. The maximum absolute atomic E-state index is 12.3. The second-order valence-corrected chi connectivity index (χ2v) is 9.61. The smallest absolute Gasteiger partial charge is 0.464 e. The summed E-state index contributed by atoms with van der Waals surface area (Å²) in [6, 6.07) is 2.52. The number of esters is 1. The van der Waals surface area contributed by atoms with Crippen molar-refractivity contribution in [1.29, 1.82) is 0 Å². The highest BCUT2D eigenvalue weighted by molar-refractivity contribution is 7.36. The third kappa shape index (κ3) is 5.37. The summed E-state index contributed by atoms with van der Waals surface area (Å²) in [7, 11) is -2.46. The number of aromatic nitrogens is 3. The van der Waals surface area contributed by atoms with Crippen LogP contribution in [0.25, 0.3) is 5.52 Å². The van der Waals surface area contributed by atoms with Gasteiger partial charge in [-0.15, -0.1) is 4.52 Å². The minimum atomic E-state index is -2.46. The normalized spacial score (nSPS) is 26.2. The molecule has 0 bridgehead atoms. The molecule has 12 nitrogen and oxygen atoms in total. The zero-order chi connectivity index (χ0) is 25.0. The summed E-state index contributed by atoms with van der Waals surface area (Å²) in [4.78, 5) is 16.1. The maximum Gasteiger partial charge on any atom is 0.613 e. The number of carbonyl (C=O) groups excluding carboxylic acids is 1. The number of nitrogens with two attached hydrogens (primary N) is 1. The molecule has 6 atom stereocenters. The van der Waals surface area contributed by atoms with Crippen LogP contribution in [0.2, 0.25) is 0 Å². The predicted molar refractivity (Wildman–Crippen MR) is 123 cm³/mol. The van der Waals surface area contributed by atoms with Gasteiger partial charge in [0.15, 0.2) is 5.82 Å². The number of nitrogens with zero attached hydrogens (tertiary/aromatic N) is 3. The van der Waals surface area contributed by atoms with Gasteiger partial charge in [-0.25, -0.2) is 9.50 Å². The number of hydrogen-bond donors (Lipinski definition) is 4. The van der Waals surface area contributed by atoms with E-state index in [0.29, 0.717) is 17.8 Å². The summed E-state index contributed by atoms with van der Waals surface area (Å²) in [5, 5.41) is 28.0. The van der Waals surface area contributed by atoms with E-state index < -0.39 is 44.1 Å². The van der Waals surface area contributed by atoms with Crippen molar-refractivity contribution in [2.75, 3.05) is 18.9 Å². The van der Waals surface area contributed by atoms with Gasteiger partial charge in [-0.05, 0) is 36.5 Å². The fourth-order valence-electron chi connectivity index (χ4n) is 3.89. The van der Waals surface area contributed by atoms with Crippen molar-refractivity contribution in [3.8, 4) is 0 Å². The van der Waals surface area contributed by atoms with Crippen LogP contribution in [0.3, 0.4) is 0 Å². The highest BCUT2D eigenvalue weighted by Gasteiger charge is 2.54. The van der Waals surface area contributed by atoms with E-state index in [1.165, 1.54) is 17.8 Å². The van der Waals surface area contributed by atoms with Crippen molar-refractivity contribution in [3.05, 3.63) is 24.2 Å². The Morgan fingerprint density at radius 2 is 2.09 bits per heavy atom. The Morgan fingerprint density at radius 3 is 2.76 bits per heavy atom. The highest BCUT2D eigenvalue weighted by atomic mass is 31.1. The minimum absolute atomic E-state index is 0.258. The number of hydrogen-bond acceptors (Lipinski definition) is 10. The van der Waals surface area contributed by atoms with E-state index in [4.69, 9.17) is 19.7 Å². The zero-order valence-electron chi connectivity index (χ0n) is 19.7. The Bertz CT molecular complexity index is 1020. The average Bonchev–Trinajstić information content (AvgIpc) is 3.35. The SMILES string of the molecule is CCC(CC)COC(=O)[C@H](C)N[P+](=O)OC[C@H]1O[C@@](C)(c2ccc3c(N)ncnn23)[C@H](O)[C@@H]1O. The van der Waals surface area contributed by atoms with E-state index in [9.17, 15) is 19.6 Å². The minimum Gasteiger partial charge on any atom is -0.464 e. The van der Waals surface area contributed by atoms with Crippen LogP contribution in [0, 0.1) is 5.92 Å². The average molecular weight is 498 g/mol. The molecular formula is C21H33N5O7P+. The van der Waals surface area contributed by atoms with Crippen LogP contribution in [-0.4, -0.2) is 68.3 Å². The Balaban J connectivity index is 1.58. The molecule has 188 valence electrons. The molecule has 0 radical (unpaired) electrons. The van der Waals surface area contributed by atoms with Crippen LogP contribution in [0.1, 0.15) is 46.2 Å². The van der Waals surface area contributed by atoms with Crippen LogP contribution in [0.15, 0.2) is 18.5 Å². The lowest BCUT2D eigenvalue weighted by Crippen LogP contribution is -2.39. The number of aliphatic hydroxyl groups is 2. The van der Waals surface area contributed by atoms with Gasteiger partial charge in [-0.2, -0.15) is 5.10 Å². The first-order chi connectivity index (χ1) is 16.1. The van der Waals surface area contributed by atoms with Crippen LogP contribution in [0.4, 0.5) is 5.82 Å². The monoisotopic (exact) mass is 498 g/mol. The van der Waals surface area contributed by atoms with Crippen molar-refractivity contribution in [2.24, 2.45) is 5.92 Å². The van der Waals surface area contributed by atoms with Crippen molar-refractivity contribution in [3.63, 3.8) is 0 Å². The molecule has 1 unspecified atom stereocenters. The summed E-state index contributed by atoms with van der Waals surface area (Å²) < 4.78 is 30.3. The predicted octanol–water partition coefficient (Wildman–Crippen LogP) is 1.28. The van der Waals surface area contributed by atoms with Crippen LogP contribution in [0.5, 0.6) is 0 Å². The molecule has 0 amide bonds. The van der Waals surface area contributed by atoms with E-state index in [1.54, 1.807) is 19.1 Å². The molecule has 34 heavy (non-hydrogen) atoms. The number of carbonyl (C=O) groups is 1. The van der Waals surface area contributed by atoms with Gasteiger partial charge < -0.3 is 25.4 Å². The van der Waals surface area contributed by atoms with E-state index in [-0.39, 0.29) is 18.3 Å². The zero-order valence-corrected chi connectivity index (χ0v) is 20.6. The second-order valence-electron chi connectivity index (χ2n) is 8.58. The molecule has 2 aromatic rings. The number of ether oxygens (including phenoxy) is 2. The van der Waals surface area contributed by atoms with Gasteiger partial charge in [-0.3, -0.25) is 4.79 Å². The van der Waals surface area contributed by atoms with Crippen molar-refractivity contribution in [2.45, 2.75) is 70.5 Å². The Labute approximate surface area is 198 Å². The molecule has 1 fully saturated rings. The molecule has 13 heteroatoms. The van der Waals surface area contributed by atoms with Gasteiger partial charge in [0.05, 0.1) is 12.3 Å². The Kier molecular flexibility index (Phi) is 8.56. The van der Waals surface area contributed by atoms with Crippen LogP contribution < -0.4 is 10.8 Å². The molecule has 1 aliphatic heterocycles. The third-order valence-corrected chi connectivity index (χ3v) is 7.26. The first-order valence-electron chi connectivity index (χ1n) is 11.3. The molecule has 3 heterocycles. The van der Waals surface area contributed by atoms with E-state index in [0.717, 1.165) is 12.8 Å². The number of nitrogen functional groups attached to an aromatic ring is 1. The summed E-state index contributed by atoms with van der Waals surface area (Å²) in [6.45, 7) is 7.21. The van der Waals surface area contributed by atoms with E-state index in [2.05, 4.69) is 15.2 Å². The molecule has 1 saturated heterocycles. The Morgan fingerprint density at radius 1 is 1.38 bits per heavy atom. The molecule has 2 aromatic heterocycles. The molecular weight excluding hydrogens is 465 g/mol. The number of fused-ring (bicyclic) bond motifs is 1. The Hall–Kier alpha value is -2.21. The molecule has 0 spiro atoms. The lowest BCUT2D eigenvalue weighted by molar-refractivity contribution is -0.146. The third-order valence-electron chi connectivity index (χ3n) is 6.28. The fraction of sp³-hybridized carbons (Fsp3) is 0.667. The van der Waals surface area contributed by atoms with Gasteiger partial charge >= 0.3 is 14.1 Å². The summed E-state index contributed by atoms with van der Waals surface area (Å²) in [5.74, 6) is 0.0114. The maximum atomic E-state index is 12.3. The topological polar surface area (TPSA) is 171 Å². The van der Waals surface area contributed by atoms with Gasteiger partial charge in [0.25, 0.3) is 0 Å². The molecule has 0 aromatic carbocycles. The van der Waals surface area contributed by atoms with Crippen molar-refractivity contribution in [1.82, 2.24) is 19.7 Å². The molecule has 1 aliphatic rings. The first kappa shape index (κ1) is 26.4. The second kappa shape index (κ2) is 11.0. The van der Waals surface area contributed by atoms with E-state index in [1.807, 2.05) is 13.8 Å². The number of rotatable bonds is 11. The van der Waals surface area contributed by atoms with Crippen LogP contribution in [-0.2, 0) is 29.0 Å². The first-order valence-corrected chi connectivity index (χ1v) is 12.5. The van der Waals surface area contributed by atoms with Gasteiger partial charge in [0.1, 0.15) is 48.4 Å². The summed E-state index contributed by atoms with van der Waals surface area (Å²) >= 11 is 0. The molecule has 5 N–H and O–H groups in total. The standard InChI is InChI=1S/C21H33N5O7P/c1-5-13(6-2)9-31-20(29)12(3)25-34(30)32-10-15-17(27)18(28)21(4,33-15)16-8-7-14-19(22)23-11-24-26(14)16/h7-8,11-13,15,17-18,27-28H,5-6,9-10H2,1-4H3,(H,25,30)(H2,22,23,24)/q+1/t12-,15+,17+,18+,21-/m0/s1. The molecule has 3 rings (SSSR count). The van der Waals surface area contributed by atoms with Crippen LogP contribution >= 0.6 is 8.18 Å². The van der Waals surface area contributed by atoms with Crippen molar-refractivity contribution < 1.29 is 33.6 Å².